The molecular formula is C21H20N4O2S3. The van der Waals surface area contributed by atoms with Gasteiger partial charge in [-0.1, -0.05) is 6.08 Å². The highest BCUT2D eigenvalue weighted by molar-refractivity contribution is 7.88. The lowest BCUT2D eigenvalue weighted by Crippen LogP contribution is -2.31. The molecule has 0 bridgehead atoms. The Morgan fingerprint density at radius 2 is 2.07 bits per heavy atom. The van der Waals surface area contributed by atoms with E-state index in [1.54, 1.807) is 33.2 Å². The molecule has 0 saturated carbocycles. The third-order valence-electron chi connectivity index (χ3n) is 5.18. The third-order valence-corrected chi connectivity index (χ3v) is 8.36. The summed E-state index contributed by atoms with van der Waals surface area (Å²) in [7, 11) is -3.22. The largest absolute Gasteiger partial charge is 0.355 e. The van der Waals surface area contributed by atoms with Crippen LogP contribution in [-0.4, -0.2) is 42.0 Å². The predicted octanol–water partition coefficient (Wildman–Crippen LogP) is 5.09. The van der Waals surface area contributed by atoms with E-state index in [0.29, 0.717) is 13.1 Å². The van der Waals surface area contributed by atoms with Crippen molar-refractivity contribution in [2.24, 2.45) is 0 Å². The fourth-order valence-corrected chi connectivity index (χ4v) is 6.19. The van der Waals surface area contributed by atoms with Gasteiger partial charge in [0.2, 0.25) is 10.0 Å². The molecule has 6 nitrogen and oxygen atoms in total. The Morgan fingerprint density at radius 1 is 1.17 bits per heavy atom. The normalized spacial score (nSPS) is 16.0. The van der Waals surface area contributed by atoms with Gasteiger partial charge in [0, 0.05) is 35.2 Å². The first-order chi connectivity index (χ1) is 14.5. The number of pyridine rings is 1. The molecule has 0 unspecified atom stereocenters. The number of rotatable bonds is 4. The molecule has 0 atom stereocenters. The molecule has 4 heterocycles. The Hall–Kier alpha value is -2.33. The monoisotopic (exact) mass is 456 g/mol. The number of thiazole rings is 1. The van der Waals surface area contributed by atoms with Gasteiger partial charge >= 0.3 is 0 Å². The highest BCUT2D eigenvalue weighted by Crippen LogP contribution is 2.36. The quantitative estimate of drug-likeness (QED) is 0.463. The van der Waals surface area contributed by atoms with Crippen LogP contribution in [0.5, 0.6) is 0 Å². The van der Waals surface area contributed by atoms with Crippen LogP contribution in [0.3, 0.4) is 0 Å². The molecule has 0 aliphatic carbocycles. The minimum Gasteiger partial charge on any atom is -0.355 e. The lowest BCUT2D eigenvalue weighted by Gasteiger charge is -2.18. The second-order valence-corrected chi connectivity index (χ2v) is 11.2. The SMILES string of the molecule is CS(=O)(=O)N1CCCC=C(c2cc3c(Nc4ccc5scnc5c4)ccnc3s2)C1. The van der Waals surface area contributed by atoms with Gasteiger partial charge in [0.05, 0.1) is 27.7 Å². The van der Waals surface area contributed by atoms with E-state index in [9.17, 15) is 8.42 Å². The number of hydrogen-bond acceptors (Lipinski definition) is 7. The first-order valence-electron chi connectivity index (χ1n) is 9.61. The zero-order valence-corrected chi connectivity index (χ0v) is 18.8. The number of anilines is 2. The Kier molecular flexibility index (Phi) is 5.06. The van der Waals surface area contributed by atoms with E-state index in [-0.39, 0.29) is 0 Å². The van der Waals surface area contributed by atoms with Crippen LogP contribution in [0.2, 0.25) is 0 Å². The van der Waals surface area contributed by atoms with Crippen LogP contribution in [0.4, 0.5) is 11.4 Å². The fourth-order valence-electron chi connectivity index (χ4n) is 3.64. The van der Waals surface area contributed by atoms with E-state index in [0.717, 1.165) is 55.1 Å². The molecule has 0 fully saturated rings. The molecule has 1 aromatic carbocycles. The second kappa shape index (κ2) is 7.73. The van der Waals surface area contributed by atoms with E-state index in [2.05, 4.69) is 39.6 Å². The molecule has 3 aromatic heterocycles. The van der Waals surface area contributed by atoms with Gasteiger partial charge in [-0.25, -0.2) is 18.4 Å². The van der Waals surface area contributed by atoms with Crippen LogP contribution in [0, 0.1) is 0 Å². The van der Waals surface area contributed by atoms with E-state index in [4.69, 9.17) is 0 Å². The summed E-state index contributed by atoms with van der Waals surface area (Å²) < 4.78 is 26.9. The molecular weight excluding hydrogens is 436 g/mol. The van der Waals surface area contributed by atoms with Crippen molar-refractivity contribution in [2.45, 2.75) is 12.8 Å². The molecule has 1 aliphatic rings. The summed E-state index contributed by atoms with van der Waals surface area (Å²) in [4.78, 5) is 10.9. The van der Waals surface area contributed by atoms with Crippen molar-refractivity contribution in [3.8, 4) is 0 Å². The van der Waals surface area contributed by atoms with Crippen LogP contribution in [-0.2, 0) is 10.0 Å². The summed E-state index contributed by atoms with van der Waals surface area (Å²) in [6.07, 6.45) is 6.97. The molecule has 4 aromatic rings. The number of sulfonamides is 1. The highest BCUT2D eigenvalue weighted by Gasteiger charge is 2.22. The number of aromatic nitrogens is 2. The lowest BCUT2D eigenvalue weighted by atomic mass is 10.1. The van der Waals surface area contributed by atoms with E-state index in [1.165, 1.54) is 6.26 Å². The number of hydrogen-bond donors (Lipinski definition) is 1. The van der Waals surface area contributed by atoms with Gasteiger partial charge in [0.25, 0.3) is 0 Å². The number of benzene rings is 1. The topological polar surface area (TPSA) is 75.2 Å². The van der Waals surface area contributed by atoms with E-state index < -0.39 is 10.0 Å². The van der Waals surface area contributed by atoms with E-state index >= 15 is 0 Å². The summed E-state index contributed by atoms with van der Waals surface area (Å²) >= 11 is 3.23. The number of thiophene rings is 1. The maximum atomic E-state index is 12.1. The van der Waals surface area contributed by atoms with Crippen LogP contribution >= 0.6 is 22.7 Å². The minimum absolute atomic E-state index is 0.412. The maximum Gasteiger partial charge on any atom is 0.211 e. The Labute approximate surface area is 183 Å². The lowest BCUT2D eigenvalue weighted by molar-refractivity contribution is 0.450. The van der Waals surface area contributed by atoms with Crippen LogP contribution in [0.1, 0.15) is 17.7 Å². The van der Waals surface area contributed by atoms with Crippen molar-refractivity contribution >= 4 is 70.1 Å². The maximum absolute atomic E-state index is 12.1. The summed E-state index contributed by atoms with van der Waals surface area (Å²) in [5.74, 6) is 0. The molecule has 1 N–H and O–H groups in total. The molecule has 0 amide bonds. The molecule has 0 radical (unpaired) electrons. The van der Waals surface area contributed by atoms with Crippen molar-refractivity contribution < 1.29 is 8.42 Å². The van der Waals surface area contributed by atoms with Crippen molar-refractivity contribution in [2.75, 3.05) is 24.7 Å². The van der Waals surface area contributed by atoms with Crippen molar-refractivity contribution in [1.29, 1.82) is 0 Å². The number of allylic oxidation sites excluding steroid dienone is 1. The molecule has 30 heavy (non-hydrogen) atoms. The standard InChI is InChI=1S/C21H20N4O2S3/c1-30(26,27)25-9-3-2-4-14(12-25)20-11-16-17(7-8-22-21(16)29-20)24-15-5-6-19-18(10-15)23-13-28-19/h4-8,10-11,13H,2-3,9,12H2,1H3,(H,22,24). The average Bonchev–Trinajstić information content (AvgIpc) is 3.27. The van der Waals surface area contributed by atoms with Crippen molar-refractivity contribution in [1.82, 2.24) is 14.3 Å². The highest BCUT2D eigenvalue weighted by atomic mass is 32.2. The summed E-state index contributed by atoms with van der Waals surface area (Å²) in [6.45, 7) is 0.975. The number of nitrogens with zero attached hydrogens (tertiary/aromatic N) is 3. The van der Waals surface area contributed by atoms with Gasteiger partial charge in [0.1, 0.15) is 4.83 Å². The van der Waals surface area contributed by atoms with Gasteiger partial charge in [-0.15, -0.1) is 22.7 Å². The van der Waals surface area contributed by atoms with Crippen molar-refractivity contribution in [3.63, 3.8) is 0 Å². The number of nitrogens with one attached hydrogen (secondary N) is 1. The van der Waals surface area contributed by atoms with E-state index in [1.807, 2.05) is 17.6 Å². The number of fused-ring (bicyclic) bond motifs is 2. The molecule has 0 saturated heterocycles. The van der Waals surface area contributed by atoms with Crippen LogP contribution < -0.4 is 5.32 Å². The molecule has 9 heteroatoms. The molecule has 154 valence electrons. The van der Waals surface area contributed by atoms with Gasteiger partial charge in [-0.2, -0.15) is 4.31 Å². The Bertz CT molecular complexity index is 1370. The van der Waals surface area contributed by atoms with Crippen LogP contribution in [0.15, 0.2) is 48.1 Å². The fraction of sp³-hybridized carbons (Fsp3) is 0.238. The Morgan fingerprint density at radius 3 is 2.93 bits per heavy atom. The zero-order chi connectivity index (χ0) is 20.7. The van der Waals surface area contributed by atoms with Gasteiger partial charge < -0.3 is 5.32 Å². The summed E-state index contributed by atoms with van der Waals surface area (Å²) in [5, 5.41) is 4.53. The average molecular weight is 457 g/mol. The molecule has 1 aliphatic heterocycles. The van der Waals surface area contributed by atoms with Crippen molar-refractivity contribution in [3.05, 3.63) is 53.0 Å². The van der Waals surface area contributed by atoms with Gasteiger partial charge in [0.15, 0.2) is 0 Å². The van der Waals surface area contributed by atoms with Gasteiger partial charge in [-0.3, -0.25) is 0 Å². The first kappa shape index (κ1) is 19.6. The summed E-state index contributed by atoms with van der Waals surface area (Å²) in [5.41, 5.74) is 5.84. The summed E-state index contributed by atoms with van der Waals surface area (Å²) in [6, 6.07) is 10.3. The molecule has 5 rings (SSSR count). The Balaban J connectivity index is 1.49. The third kappa shape index (κ3) is 3.85. The van der Waals surface area contributed by atoms with Crippen LogP contribution in [0.25, 0.3) is 26.0 Å². The first-order valence-corrected chi connectivity index (χ1v) is 13.2. The van der Waals surface area contributed by atoms with Gasteiger partial charge in [-0.05, 0) is 48.7 Å². The zero-order valence-electron chi connectivity index (χ0n) is 16.3. The smallest absolute Gasteiger partial charge is 0.211 e. The second-order valence-electron chi connectivity index (χ2n) is 7.32. The minimum atomic E-state index is -3.22. The predicted molar refractivity (Wildman–Crippen MR) is 126 cm³/mol. The molecule has 0 spiro atoms.